The van der Waals surface area contributed by atoms with E-state index < -0.39 is 4.92 Å². The Morgan fingerprint density at radius 1 is 1.32 bits per heavy atom. The minimum absolute atomic E-state index is 0.0840. The second-order valence-electron chi connectivity index (χ2n) is 5.06. The second-order valence-corrected chi connectivity index (χ2v) is 7.31. The number of nitro groups is 1. The maximum atomic E-state index is 12.3. The second kappa shape index (κ2) is 7.62. The van der Waals surface area contributed by atoms with E-state index in [9.17, 15) is 14.9 Å². The molecule has 0 spiro atoms. The Labute approximate surface area is 152 Å². The van der Waals surface area contributed by atoms with E-state index in [1.165, 1.54) is 41.3 Å². The highest BCUT2D eigenvalue weighted by Crippen LogP contribution is 2.32. The third kappa shape index (κ3) is 4.15. The maximum Gasteiger partial charge on any atom is 0.270 e. The lowest BCUT2D eigenvalue weighted by molar-refractivity contribution is -0.384. The summed E-state index contributed by atoms with van der Waals surface area (Å²) < 4.78 is 7.25. The molecule has 0 radical (unpaired) electrons. The van der Waals surface area contributed by atoms with Crippen molar-refractivity contribution in [3.63, 3.8) is 0 Å². The molecule has 0 unspecified atom stereocenters. The van der Waals surface area contributed by atoms with Crippen LogP contribution in [0.2, 0.25) is 0 Å². The van der Waals surface area contributed by atoms with Crippen molar-refractivity contribution in [1.82, 2.24) is 4.98 Å². The fourth-order valence-corrected chi connectivity index (χ4v) is 4.20. The molecule has 0 aliphatic rings. The number of benzene rings is 2. The summed E-state index contributed by atoms with van der Waals surface area (Å²) in [6.07, 6.45) is 0. The van der Waals surface area contributed by atoms with Crippen LogP contribution in [-0.4, -0.2) is 28.1 Å². The number of hydrogen-bond donors (Lipinski definition) is 0. The van der Waals surface area contributed by atoms with Gasteiger partial charge in [0.15, 0.2) is 10.1 Å². The van der Waals surface area contributed by atoms with Crippen molar-refractivity contribution in [2.24, 2.45) is 0 Å². The first-order valence-corrected chi connectivity index (χ1v) is 9.31. The predicted octanol–water partition coefficient (Wildman–Crippen LogP) is 4.58. The van der Waals surface area contributed by atoms with Crippen LogP contribution < -0.4 is 4.74 Å². The number of Topliss-reactive ketones (excluding diaryl/α,β-unsaturated/α-hetero) is 1. The highest BCUT2D eigenvalue weighted by molar-refractivity contribution is 8.01. The maximum absolute atomic E-state index is 12.3. The van der Waals surface area contributed by atoms with Crippen molar-refractivity contribution < 1.29 is 14.5 Å². The van der Waals surface area contributed by atoms with E-state index in [2.05, 4.69) is 4.98 Å². The molecule has 0 N–H and O–H groups in total. The summed E-state index contributed by atoms with van der Waals surface area (Å²) in [6, 6.07) is 11.5. The minimum atomic E-state index is -0.507. The number of nitro benzene ring substituents is 1. The molecule has 25 heavy (non-hydrogen) atoms. The first-order valence-electron chi connectivity index (χ1n) is 7.50. The van der Waals surface area contributed by atoms with E-state index in [1.807, 2.05) is 25.1 Å². The van der Waals surface area contributed by atoms with Gasteiger partial charge in [0.2, 0.25) is 0 Å². The lowest BCUT2D eigenvalue weighted by Crippen LogP contribution is -2.02. The highest BCUT2D eigenvalue weighted by Gasteiger charge is 2.13. The zero-order chi connectivity index (χ0) is 17.8. The number of nitrogens with zero attached hydrogens (tertiary/aromatic N) is 2. The first-order chi connectivity index (χ1) is 12.1. The molecule has 128 valence electrons. The van der Waals surface area contributed by atoms with Crippen LogP contribution in [0.5, 0.6) is 5.75 Å². The smallest absolute Gasteiger partial charge is 0.270 e. The van der Waals surface area contributed by atoms with Gasteiger partial charge in [-0.25, -0.2) is 4.98 Å². The zero-order valence-electron chi connectivity index (χ0n) is 13.3. The lowest BCUT2D eigenvalue weighted by Gasteiger charge is -2.00. The molecule has 0 atom stereocenters. The fraction of sp³-hybridized carbons (Fsp3) is 0.176. The summed E-state index contributed by atoms with van der Waals surface area (Å²) in [6.45, 7) is 2.53. The van der Waals surface area contributed by atoms with Gasteiger partial charge >= 0.3 is 0 Å². The number of non-ortho nitro benzene ring substituents is 1. The third-order valence-electron chi connectivity index (χ3n) is 3.36. The largest absolute Gasteiger partial charge is 0.494 e. The molecule has 0 fully saturated rings. The molecule has 0 saturated carbocycles. The van der Waals surface area contributed by atoms with Gasteiger partial charge in [-0.3, -0.25) is 14.9 Å². The van der Waals surface area contributed by atoms with Crippen LogP contribution in [0, 0.1) is 10.1 Å². The van der Waals surface area contributed by atoms with Crippen LogP contribution in [0.1, 0.15) is 17.3 Å². The number of carbonyl (C=O) groups is 1. The quantitative estimate of drug-likeness (QED) is 0.261. The van der Waals surface area contributed by atoms with E-state index >= 15 is 0 Å². The molecule has 6 nitrogen and oxygen atoms in total. The zero-order valence-corrected chi connectivity index (χ0v) is 14.9. The van der Waals surface area contributed by atoms with Gasteiger partial charge in [-0.2, -0.15) is 0 Å². The van der Waals surface area contributed by atoms with Gasteiger partial charge in [-0.05, 0) is 25.1 Å². The minimum Gasteiger partial charge on any atom is -0.494 e. The van der Waals surface area contributed by atoms with Gasteiger partial charge in [0.05, 0.1) is 27.5 Å². The van der Waals surface area contributed by atoms with Gasteiger partial charge < -0.3 is 4.74 Å². The predicted molar refractivity (Wildman–Crippen MR) is 98.9 cm³/mol. The molecule has 0 amide bonds. The molecule has 3 aromatic rings. The van der Waals surface area contributed by atoms with E-state index in [0.717, 1.165) is 20.3 Å². The standard InChI is InChI=1S/C17H14N2O4S2/c1-2-23-13-6-7-14-16(9-13)25-17(18-14)24-10-15(20)11-4-3-5-12(8-11)19(21)22/h3-9H,2,10H2,1H3. The Morgan fingerprint density at radius 2 is 2.16 bits per heavy atom. The summed E-state index contributed by atoms with van der Waals surface area (Å²) in [5.74, 6) is 0.810. The first kappa shape index (κ1) is 17.4. The van der Waals surface area contributed by atoms with Crippen molar-refractivity contribution in [3.05, 3.63) is 58.1 Å². The van der Waals surface area contributed by atoms with Gasteiger partial charge in [0.1, 0.15) is 5.75 Å². The average Bonchev–Trinajstić information content (AvgIpc) is 3.02. The SMILES string of the molecule is CCOc1ccc2nc(SCC(=O)c3cccc([N+](=O)[O-])c3)sc2c1. The van der Waals surface area contributed by atoms with E-state index in [4.69, 9.17) is 4.74 Å². The molecule has 1 heterocycles. The Bertz CT molecular complexity index is 939. The Morgan fingerprint density at radius 3 is 2.92 bits per heavy atom. The molecule has 8 heteroatoms. The van der Waals surface area contributed by atoms with Crippen LogP contribution in [0.3, 0.4) is 0 Å². The summed E-state index contributed by atoms with van der Waals surface area (Å²) in [7, 11) is 0. The van der Waals surface area contributed by atoms with Crippen LogP contribution >= 0.6 is 23.1 Å². The third-order valence-corrected chi connectivity index (χ3v) is 5.52. The van der Waals surface area contributed by atoms with Crippen molar-refractivity contribution in [3.8, 4) is 5.75 Å². The van der Waals surface area contributed by atoms with E-state index in [-0.39, 0.29) is 17.2 Å². The number of thioether (sulfide) groups is 1. The molecular weight excluding hydrogens is 360 g/mol. The molecule has 1 aromatic heterocycles. The number of ketones is 1. The molecule has 3 rings (SSSR count). The van der Waals surface area contributed by atoms with Gasteiger partial charge in [-0.15, -0.1) is 11.3 Å². The number of thiazole rings is 1. The summed E-state index contributed by atoms with van der Waals surface area (Å²) in [5.41, 5.74) is 1.11. The van der Waals surface area contributed by atoms with Crippen LogP contribution in [0.4, 0.5) is 5.69 Å². The number of rotatable bonds is 7. The van der Waals surface area contributed by atoms with Crippen LogP contribution in [-0.2, 0) is 0 Å². The van der Waals surface area contributed by atoms with Gasteiger partial charge in [0, 0.05) is 17.7 Å². The number of fused-ring (bicyclic) bond motifs is 1. The van der Waals surface area contributed by atoms with Crippen molar-refractivity contribution in [2.75, 3.05) is 12.4 Å². The summed E-state index contributed by atoms with van der Waals surface area (Å²) in [4.78, 5) is 27.0. The van der Waals surface area contributed by atoms with E-state index in [0.29, 0.717) is 12.2 Å². The van der Waals surface area contributed by atoms with Crippen molar-refractivity contribution >= 4 is 44.8 Å². The Balaban J connectivity index is 1.70. The lowest BCUT2D eigenvalue weighted by atomic mass is 10.1. The Kier molecular flexibility index (Phi) is 5.30. The number of hydrogen-bond acceptors (Lipinski definition) is 7. The normalized spacial score (nSPS) is 10.8. The summed E-state index contributed by atoms with van der Waals surface area (Å²) >= 11 is 2.82. The van der Waals surface area contributed by atoms with Crippen molar-refractivity contribution in [2.45, 2.75) is 11.3 Å². The molecule has 0 bridgehead atoms. The topological polar surface area (TPSA) is 82.3 Å². The monoisotopic (exact) mass is 374 g/mol. The molecule has 0 saturated heterocycles. The van der Waals surface area contributed by atoms with Crippen molar-refractivity contribution in [1.29, 1.82) is 0 Å². The number of aromatic nitrogens is 1. The molecule has 0 aliphatic carbocycles. The van der Waals surface area contributed by atoms with Crippen LogP contribution in [0.25, 0.3) is 10.2 Å². The average molecular weight is 374 g/mol. The highest BCUT2D eigenvalue weighted by atomic mass is 32.2. The Hall–Kier alpha value is -2.45. The van der Waals surface area contributed by atoms with Gasteiger partial charge in [0.25, 0.3) is 5.69 Å². The number of ether oxygens (including phenoxy) is 1. The molecular formula is C17H14N2O4S2. The summed E-state index contributed by atoms with van der Waals surface area (Å²) in [5, 5.41) is 10.8. The van der Waals surface area contributed by atoms with E-state index in [1.54, 1.807) is 6.07 Å². The fourth-order valence-electron chi connectivity index (χ4n) is 2.21. The van der Waals surface area contributed by atoms with Crippen LogP contribution in [0.15, 0.2) is 46.8 Å². The molecule has 0 aliphatic heterocycles. The molecule has 2 aromatic carbocycles. The number of carbonyl (C=O) groups excluding carboxylic acids is 1. The van der Waals surface area contributed by atoms with Gasteiger partial charge in [-0.1, -0.05) is 23.9 Å².